The molecule has 0 spiro atoms. The van der Waals surface area contributed by atoms with Crippen LogP contribution >= 0.6 is 23.1 Å². The lowest BCUT2D eigenvalue weighted by molar-refractivity contribution is -0.121. The van der Waals surface area contributed by atoms with Crippen LogP contribution < -0.4 is 15.2 Å². The molecule has 3 heterocycles. The van der Waals surface area contributed by atoms with Crippen LogP contribution in [-0.4, -0.2) is 40.1 Å². The lowest BCUT2D eigenvalue weighted by Gasteiger charge is -2.29. The molecule has 1 amide bonds. The van der Waals surface area contributed by atoms with Crippen molar-refractivity contribution in [3.05, 3.63) is 44.6 Å². The Morgan fingerprint density at radius 3 is 3.00 bits per heavy atom. The van der Waals surface area contributed by atoms with Crippen molar-refractivity contribution in [1.29, 1.82) is 0 Å². The van der Waals surface area contributed by atoms with E-state index in [9.17, 15) is 14.4 Å². The number of nitrogens with zero attached hydrogens (tertiary/aromatic N) is 2. The number of ether oxygens (including phenoxy) is 1. The van der Waals surface area contributed by atoms with E-state index in [0.717, 1.165) is 36.1 Å². The molecule has 0 fully saturated rings. The molecule has 2 aromatic heterocycles. The monoisotopic (exact) mass is 497 g/mol. The maximum Gasteiger partial charge on any atom is 0.265 e. The lowest BCUT2D eigenvalue weighted by atomic mass is 9.89. The van der Waals surface area contributed by atoms with Crippen molar-refractivity contribution < 1.29 is 14.3 Å². The molecule has 1 aliphatic heterocycles. The first kappa shape index (κ1) is 23.1. The number of hydrogen-bond donors (Lipinski definition) is 1. The number of ketones is 1. The number of amides is 1. The third-order valence-corrected chi connectivity index (χ3v) is 8.57. The van der Waals surface area contributed by atoms with Crippen LogP contribution in [0.5, 0.6) is 5.75 Å². The molecular weight excluding hydrogens is 470 g/mol. The van der Waals surface area contributed by atoms with Crippen LogP contribution in [0, 0.1) is 5.92 Å². The zero-order valence-electron chi connectivity index (χ0n) is 19.5. The highest BCUT2D eigenvalue weighted by Crippen LogP contribution is 2.37. The van der Waals surface area contributed by atoms with Gasteiger partial charge in [0.15, 0.2) is 17.5 Å². The standard InChI is InChI=1S/C25H27N3O4S2/c1-4-9-28-17-11-15(6-8-18(17)32-12-20(28)29)22(30)14(3)33-25-26-23(31)21-16-7-5-13(2)10-19(16)34-24(21)27-25/h6,8,11,13-14H,4-5,7,9-10,12H2,1-3H3,(H,26,27,31). The number of carbonyl (C=O) groups is 2. The Bertz CT molecular complexity index is 1350. The third-order valence-electron chi connectivity index (χ3n) is 6.44. The maximum atomic E-state index is 13.2. The Balaban J connectivity index is 1.39. The zero-order valence-corrected chi connectivity index (χ0v) is 21.1. The summed E-state index contributed by atoms with van der Waals surface area (Å²) in [6, 6.07) is 5.21. The Morgan fingerprint density at radius 1 is 1.38 bits per heavy atom. The van der Waals surface area contributed by atoms with Crippen LogP contribution in [0.2, 0.25) is 0 Å². The van der Waals surface area contributed by atoms with Gasteiger partial charge in [-0.3, -0.25) is 14.4 Å². The van der Waals surface area contributed by atoms with Crippen molar-refractivity contribution in [2.24, 2.45) is 5.92 Å². The van der Waals surface area contributed by atoms with Gasteiger partial charge in [-0.25, -0.2) is 4.98 Å². The second-order valence-electron chi connectivity index (χ2n) is 9.04. The topological polar surface area (TPSA) is 92.4 Å². The van der Waals surface area contributed by atoms with Crippen LogP contribution in [0.3, 0.4) is 0 Å². The minimum Gasteiger partial charge on any atom is -0.482 e. The summed E-state index contributed by atoms with van der Waals surface area (Å²) in [6.07, 6.45) is 3.81. The molecule has 9 heteroatoms. The molecule has 0 saturated carbocycles. The van der Waals surface area contributed by atoms with Gasteiger partial charge in [-0.05, 0) is 62.3 Å². The normalized spacial score (nSPS) is 18.4. The molecule has 0 saturated heterocycles. The molecule has 34 heavy (non-hydrogen) atoms. The van der Waals surface area contributed by atoms with E-state index >= 15 is 0 Å². The molecule has 1 aromatic carbocycles. The summed E-state index contributed by atoms with van der Waals surface area (Å²) in [4.78, 5) is 49.7. The van der Waals surface area contributed by atoms with Crippen molar-refractivity contribution in [1.82, 2.24) is 9.97 Å². The SMILES string of the molecule is CCCN1C(=O)COc2ccc(C(=O)C(C)Sc3nc4sc5c(c4c(=O)[nH]3)CCC(C)C5)cc21. The summed E-state index contributed by atoms with van der Waals surface area (Å²) in [7, 11) is 0. The van der Waals surface area contributed by atoms with E-state index in [1.165, 1.54) is 16.6 Å². The number of hydrogen-bond acceptors (Lipinski definition) is 7. The fraction of sp³-hybridized carbons (Fsp3) is 0.440. The van der Waals surface area contributed by atoms with Crippen LogP contribution in [0.1, 0.15) is 54.4 Å². The zero-order chi connectivity index (χ0) is 24.0. The molecule has 5 rings (SSSR count). The Hall–Kier alpha value is -2.65. The minimum absolute atomic E-state index is 0.0130. The van der Waals surface area contributed by atoms with Crippen LogP contribution in [0.4, 0.5) is 5.69 Å². The summed E-state index contributed by atoms with van der Waals surface area (Å²) in [5.41, 5.74) is 2.16. The number of nitrogens with one attached hydrogen (secondary N) is 1. The highest BCUT2D eigenvalue weighted by molar-refractivity contribution is 8.00. The number of thioether (sulfide) groups is 1. The van der Waals surface area contributed by atoms with Crippen molar-refractivity contribution in [3.8, 4) is 5.75 Å². The van der Waals surface area contributed by atoms with E-state index in [0.29, 0.717) is 40.0 Å². The summed E-state index contributed by atoms with van der Waals surface area (Å²) < 4.78 is 5.54. The molecule has 3 aromatic rings. The average molecular weight is 498 g/mol. The molecule has 7 nitrogen and oxygen atoms in total. The highest BCUT2D eigenvalue weighted by atomic mass is 32.2. The van der Waals surface area contributed by atoms with Crippen molar-refractivity contribution in [2.75, 3.05) is 18.1 Å². The summed E-state index contributed by atoms with van der Waals surface area (Å²) >= 11 is 2.85. The van der Waals surface area contributed by atoms with Crippen LogP contribution in [0.15, 0.2) is 28.2 Å². The number of fused-ring (bicyclic) bond motifs is 4. The van der Waals surface area contributed by atoms with E-state index in [2.05, 4.69) is 11.9 Å². The van der Waals surface area contributed by atoms with Gasteiger partial charge in [-0.2, -0.15) is 0 Å². The van der Waals surface area contributed by atoms with E-state index in [1.807, 2.05) is 13.8 Å². The number of benzene rings is 1. The first-order valence-electron chi connectivity index (χ1n) is 11.7. The van der Waals surface area contributed by atoms with Gasteiger partial charge in [0.1, 0.15) is 10.6 Å². The lowest BCUT2D eigenvalue weighted by Crippen LogP contribution is -2.39. The van der Waals surface area contributed by atoms with Gasteiger partial charge in [-0.15, -0.1) is 11.3 Å². The van der Waals surface area contributed by atoms with E-state index in [-0.39, 0.29) is 23.9 Å². The minimum atomic E-state index is -0.465. The predicted octanol–water partition coefficient (Wildman–Crippen LogP) is 4.61. The van der Waals surface area contributed by atoms with Gasteiger partial charge in [0.25, 0.3) is 11.5 Å². The van der Waals surface area contributed by atoms with Gasteiger partial charge in [-0.1, -0.05) is 25.6 Å². The molecule has 2 unspecified atom stereocenters. The number of aromatic nitrogens is 2. The number of rotatable bonds is 6. The predicted molar refractivity (Wildman–Crippen MR) is 136 cm³/mol. The van der Waals surface area contributed by atoms with Gasteiger partial charge in [0.2, 0.25) is 0 Å². The highest BCUT2D eigenvalue weighted by Gasteiger charge is 2.28. The Kier molecular flexibility index (Phi) is 6.24. The molecule has 1 N–H and O–H groups in total. The summed E-state index contributed by atoms with van der Waals surface area (Å²) in [5, 5.41) is 0.702. The Morgan fingerprint density at radius 2 is 2.21 bits per heavy atom. The smallest absolute Gasteiger partial charge is 0.265 e. The quantitative estimate of drug-likeness (QED) is 0.304. The molecule has 0 radical (unpaired) electrons. The summed E-state index contributed by atoms with van der Waals surface area (Å²) in [5.74, 6) is 1.03. The van der Waals surface area contributed by atoms with Crippen molar-refractivity contribution in [2.45, 2.75) is 56.9 Å². The van der Waals surface area contributed by atoms with Crippen molar-refractivity contribution >= 4 is 50.7 Å². The first-order chi connectivity index (χ1) is 16.4. The number of H-pyrrole nitrogens is 1. The number of Topliss-reactive ketones (excluding diaryl/α,β-unsaturated/α-hetero) is 1. The van der Waals surface area contributed by atoms with Gasteiger partial charge in [0, 0.05) is 17.0 Å². The number of carbonyl (C=O) groups excluding carboxylic acids is 2. The number of aryl methyl sites for hydroxylation is 1. The third kappa shape index (κ3) is 4.15. The fourth-order valence-electron chi connectivity index (χ4n) is 4.66. The van der Waals surface area contributed by atoms with Crippen LogP contribution in [0.25, 0.3) is 10.2 Å². The fourth-order valence-corrected chi connectivity index (χ4v) is 6.98. The second kappa shape index (κ2) is 9.19. The number of thiophene rings is 1. The maximum absolute atomic E-state index is 13.2. The molecule has 178 valence electrons. The second-order valence-corrected chi connectivity index (χ2v) is 11.5. The van der Waals surface area contributed by atoms with Gasteiger partial charge >= 0.3 is 0 Å². The number of anilines is 1. The molecule has 0 bridgehead atoms. The largest absolute Gasteiger partial charge is 0.482 e. The molecule has 1 aliphatic carbocycles. The van der Waals surface area contributed by atoms with Gasteiger partial charge < -0.3 is 14.6 Å². The molecular formula is C25H27N3O4S2. The van der Waals surface area contributed by atoms with E-state index in [4.69, 9.17) is 9.72 Å². The number of aromatic amines is 1. The molecule has 2 aliphatic rings. The van der Waals surface area contributed by atoms with E-state index in [1.54, 1.807) is 34.4 Å². The van der Waals surface area contributed by atoms with Crippen molar-refractivity contribution in [3.63, 3.8) is 0 Å². The first-order valence-corrected chi connectivity index (χ1v) is 13.4. The molecule has 2 atom stereocenters. The van der Waals surface area contributed by atoms with E-state index < -0.39 is 5.25 Å². The van der Waals surface area contributed by atoms with Gasteiger partial charge in [0.05, 0.1) is 16.3 Å². The average Bonchev–Trinajstić information content (AvgIpc) is 3.17. The summed E-state index contributed by atoms with van der Waals surface area (Å²) in [6.45, 7) is 6.64. The Labute approximate surface area is 205 Å². The van der Waals surface area contributed by atoms with Crippen LogP contribution in [-0.2, 0) is 17.6 Å².